The SMILES string of the molecule is C=CCN1C=CC=C(C(C)=O)C1. The summed E-state index contributed by atoms with van der Waals surface area (Å²) >= 11 is 0. The van der Waals surface area contributed by atoms with Gasteiger partial charge in [-0.1, -0.05) is 12.2 Å². The van der Waals surface area contributed by atoms with Crippen LogP contribution in [0, 0.1) is 0 Å². The molecule has 0 N–H and O–H groups in total. The highest BCUT2D eigenvalue weighted by Gasteiger charge is 2.08. The Morgan fingerprint density at radius 2 is 2.58 bits per heavy atom. The van der Waals surface area contributed by atoms with Crippen LogP contribution >= 0.6 is 0 Å². The van der Waals surface area contributed by atoms with Crippen LogP contribution in [0.4, 0.5) is 0 Å². The van der Waals surface area contributed by atoms with Crippen molar-refractivity contribution in [3.05, 3.63) is 36.6 Å². The Bertz CT molecular complexity index is 251. The lowest BCUT2D eigenvalue weighted by atomic mass is 10.1. The minimum absolute atomic E-state index is 0.147. The minimum Gasteiger partial charge on any atom is -0.369 e. The molecule has 2 nitrogen and oxygen atoms in total. The van der Waals surface area contributed by atoms with E-state index in [1.54, 1.807) is 6.92 Å². The van der Waals surface area contributed by atoms with Crippen molar-refractivity contribution < 1.29 is 4.79 Å². The van der Waals surface area contributed by atoms with E-state index < -0.39 is 0 Å². The van der Waals surface area contributed by atoms with Crippen molar-refractivity contribution in [1.82, 2.24) is 4.90 Å². The zero-order valence-electron chi connectivity index (χ0n) is 7.29. The van der Waals surface area contributed by atoms with Crippen LogP contribution in [0.1, 0.15) is 6.92 Å². The summed E-state index contributed by atoms with van der Waals surface area (Å²) in [5.41, 5.74) is 0.861. The van der Waals surface area contributed by atoms with Crippen molar-refractivity contribution in [3.63, 3.8) is 0 Å². The van der Waals surface area contributed by atoms with E-state index in [1.165, 1.54) is 0 Å². The Hall–Kier alpha value is -1.31. The Kier molecular flexibility index (Phi) is 2.86. The van der Waals surface area contributed by atoms with E-state index in [9.17, 15) is 4.79 Å². The van der Waals surface area contributed by atoms with E-state index in [0.717, 1.165) is 12.1 Å². The number of nitrogens with zero attached hydrogens (tertiary/aromatic N) is 1. The highest BCUT2D eigenvalue weighted by Crippen LogP contribution is 2.07. The average molecular weight is 163 g/mol. The van der Waals surface area contributed by atoms with Gasteiger partial charge in [0.15, 0.2) is 5.78 Å². The molecule has 0 atom stereocenters. The number of carbonyl (C=O) groups is 1. The summed E-state index contributed by atoms with van der Waals surface area (Å²) in [5.74, 6) is 0.147. The number of hydrogen-bond acceptors (Lipinski definition) is 2. The predicted molar refractivity (Wildman–Crippen MR) is 49.7 cm³/mol. The van der Waals surface area contributed by atoms with Gasteiger partial charge in [0, 0.05) is 18.7 Å². The normalized spacial score (nSPS) is 15.8. The third kappa shape index (κ3) is 2.09. The molecule has 0 unspecified atom stereocenters. The van der Waals surface area contributed by atoms with Crippen LogP contribution in [-0.2, 0) is 4.79 Å². The molecule has 0 saturated heterocycles. The zero-order valence-corrected chi connectivity index (χ0v) is 7.29. The molecular weight excluding hydrogens is 150 g/mol. The number of hydrogen-bond donors (Lipinski definition) is 0. The molecule has 0 aromatic rings. The maximum Gasteiger partial charge on any atom is 0.157 e. The van der Waals surface area contributed by atoms with Gasteiger partial charge in [0.1, 0.15) is 0 Å². The highest BCUT2D eigenvalue weighted by atomic mass is 16.1. The second kappa shape index (κ2) is 3.90. The first-order chi connectivity index (χ1) is 5.74. The fraction of sp³-hybridized carbons (Fsp3) is 0.300. The quantitative estimate of drug-likeness (QED) is 0.588. The molecule has 0 saturated carbocycles. The second-order valence-corrected chi connectivity index (χ2v) is 2.81. The average Bonchev–Trinajstić information content (AvgIpc) is 2.05. The summed E-state index contributed by atoms with van der Waals surface area (Å²) in [6.07, 6.45) is 7.55. The molecule has 0 radical (unpaired) electrons. The lowest BCUT2D eigenvalue weighted by Gasteiger charge is -2.21. The van der Waals surface area contributed by atoms with Crippen LogP contribution < -0.4 is 0 Å². The topological polar surface area (TPSA) is 20.3 Å². The molecule has 1 aliphatic heterocycles. The molecule has 2 heteroatoms. The molecule has 0 aliphatic carbocycles. The summed E-state index contributed by atoms with van der Waals surface area (Å²) in [7, 11) is 0. The maximum atomic E-state index is 11.0. The van der Waals surface area contributed by atoms with Crippen LogP contribution in [-0.4, -0.2) is 23.8 Å². The van der Waals surface area contributed by atoms with E-state index >= 15 is 0 Å². The first-order valence-electron chi connectivity index (χ1n) is 3.97. The monoisotopic (exact) mass is 163 g/mol. The Morgan fingerprint density at radius 3 is 3.17 bits per heavy atom. The Labute approximate surface area is 72.9 Å². The Morgan fingerprint density at radius 1 is 1.83 bits per heavy atom. The lowest BCUT2D eigenvalue weighted by Crippen LogP contribution is -2.24. The minimum atomic E-state index is 0.147. The zero-order chi connectivity index (χ0) is 8.97. The third-order valence-electron chi connectivity index (χ3n) is 1.78. The fourth-order valence-electron chi connectivity index (χ4n) is 1.13. The first-order valence-corrected chi connectivity index (χ1v) is 3.97. The van der Waals surface area contributed by atoms with E-state index in [2.05, 4.69) is 6.58 Å². The smallest absolute Gasteiger partial charge is 0.157 e. The van der Waals surface area contributed by atoms with Crippen LogP contribution in [0.15, 0.2) is 36.6 Å². The number of rotatable bonds is 3. The van der Waals surface area contributed by atoms with Gasteiger partial charge in [0.25, 0.3) is 0 Å². The van der Waals surface area contributed by atoms with Crippen LogP contribution in [0.25, 0.3) is 0 Å². The van der Waals surface area contributed by atoms with Gasteiger partial charge in [0.2, 0.25) is 0 Å². The van der Waals surface area contributed by atoms with Gasteiger partial charge in [0.05, 0.1) is 0 Å². The molecule has 0 fully saturated rings. The van der Waals surface area contributed by atoms with Crippen molar-refractivity contribution in [2.75, 3.05) is 13.1 Å². The fourth-order valence-corrected chi connectivity index (χ4v) is 1.13. The molecule has 64 valence electrons. The second-order valence-electron chi connectivity index (χ2n) is 2.81. The summed E-state index contributed by atoms with van der Waals surface area (Å²) in [6.45, 7) is 6.74. The van der Waals surface area contributed by atoms with E-state index in [4.69, 9.17) is 0 Å². The van der Waals surface area contributed by atoms with E-state index in [1.807, 2.05) is 29.3 Å². The predicted octanol–water partition coefficient (Wildman–Crippen LogP) is 1.52. The van der Waals surface area contributed by atoms with Gasteiger partial charge >= 0.3 is 0 Å². The summed E-state index contributed by atoms with van der Waals surface area (Å²) in [6, 6.07) is 0. The number of Topliss-reactive ketones (excluding diaryl/α,β-unsaturated/α-hetero) is 1. The molecule has 0 spiro atoms. The van der Waals surface area contributed by atoms with Crippen molar-refractivity contribution in [3.8, 4) is 0 Å². The van der Waals surface area contributed by atoms with Gasteiger partial charge in [-0.3, -0.25) is 4.79 Å². The Balaban J connectivity index is 2.60. The summed E-state index contributed by atoms with van der Waals surface area (Å²) in [4.78, 5) is 13.0. The van der Waals surface area contributed by atoms with Crippen LogP contribution in [0.5, 0.6) is 0 Å². The van der Waals surface area contributed by atoms with Crippen LogP contribution in [0.3, 0.4) is 0 Å². The molecule has 12 heavy (non-hydrogen) atoms. The summed E-state index contributed by atoms with van der Waals surface area (Å²) in [5, 5.41) is 0. The third-order valence-corrected chi connectivity index (χ3v) is 1.78. The summed E-state index contributed by atoms with van der Waals surface area (Å²) < 4.78 is 0. The maximum absolute atomic E-state index is 11.0. The van der Waals surface area contributed by atoms with Gasteiger partial charge in [-0.05, 0) is 19.2 Å². The highest BCUT2D eigenvalue weighted by molar-refractivity contribution is 5.94. The van der Waals surface area contributed by atoms with Crippen molar-refractivity contribution >= 4 is 5.78 Å². The van der Waals surface area contributed by atoms with E-state index in [-0.39, 0.29) is 5.78 Å². The van der Waals surface area contributed by atoms with Gasteiger partial charge < -0.3 is 4.90 Å². The van der Waals surface area contributed by atoms with Crippen molar-refractivity contribution in [2.45, 2.75) is 6.92 Å². The van der Waals surface area contributed by atoms with Gasteiger partial charge in [-0.2, -0.15) is 0 Å². The lowest BCUT2D eigenvalue weighted by molar-refractivity contribution is -0.113. The molecule has 1 heterocycles. The molecule has 0 aromatic carbocycles. The standard InChI is InChI=1S/C10H13NO/c1-3-6-11-7-4-5-10(8-11)9(2)12/h3-5,7H,1,6,8H2,2H3. The number of ketones is 1. The van der Waals surface area contributed by atoms with Crippen molar-refractivity contribution in [1.29, 1.82) is 0 Å². The number of allylic oxidation sites excluding steroid dienone is 2. The van der Waals surface area contributed by atoms with Crippen molar-refractivity contribution in [2.24, 2.45) is 0 Å². The number of carbonyl (C=O) groups excluding carboxylic acids is 1. The molecular formula is C10H13NO. The van der Waals surface area contributed by atoms with Gasteiger partial charge in [-0.15, -0.1) is 6.58 Å². The van der Waals surface area contributed by atoms with Gasteiger partial charge in [-0.25, -0.2) is 0 Å². The molecule has 1 rings (SSSR count). The first kappa shape index (κ1) is 8.78. The van der Waals surface area contributed by atoms with Crippen LogP contribution in [0.2, 0.25) is 0 Å². The molecule has 0 bridgehead atoms. The molecule has 0 aromatic heterocycles. The molecule has 0 amide bonds. The molecule has 1 aliphatic rings. The largest absolute Gasteiger partial charge is 0.369 e. The van der Waals surface area contributed by atoms with E-state index in [0.29, 0.717) is 6.54 Å².